The normalized spacial score (nSPS) is 10.2. The van der Waals surface area contributed by atoms with Crippen LogP contribution in [0.5, 0.6) is 0 Å². The van der Waals surface area contributed by atoms with Crippen LogP contribution in [-0.2, 0) is 27.1 Å². The van der Waals surface area contributed by atoms with Gasteiger partial charge in [0.05, 0.1) is 24.8 Å². The first-order valence-electron chi connectivity index (χ1n) is 7.47. The van der Waals surface area contributed by atoms with E-state index in [-0.39, 0.29) is 24.6 Å². The molecule has 0 radical (unpaired) electrons. The van der Waals surface area contributed by atoms with Crippen molar-refractivity contribution in [3.8, 4) is 0 Å². The quantitative estimate of drug-likeness (QED) is 0.721. The highest BCUT2D eigenvalue weighted by Gasteiger charge is 2.16. The van der Waals surface area contributed by atoms with E-state index < -0.39 is 5.97 Å². The molecule has 0 saturated carbocycles. The van der Waals surface area contributed by atoms with Crippen LogP contribution in [0.4, 0.5) is 0 Å². The Hall–Kier alpha value is -2.47. The number of benzene rings is 1. The molecule has 126 valence electrons. The molecule has 0 spiro atoms. The van der Waals surface area contributed by atoms with Gasteiger partial charge in [-0.3, -0.25) is 4.79 Å². The van der Waals surface area contributed by atoms with Crippen LogP contribution >= 0.6 is 11.3 Å². The molecule has 2 aromatic rings. The minimum absolute atomic E-state index is 0.00788. The summed E-state index contributed by atoms with van der Waals surface area (Å²) in [5.41, 5.74) is 1.71. The molecule has 0 N–H and O–H groups in total. The van der Waals surface area contributed by atoms with Gasteiger partial charge < -0.3 is 9.47 Å². The summed E-state index contributed by atoms with van der Waals surface area (Å²) in [6, 6.07) is 8.42. The van der Waals surface area contributed by atoms with Gasteiger partial charge in [-0.1, -0.05) is 12.1 Å². The van der Waals surface area contributed by atoms with Gasteiger partial charge in [0.25, 0.3) is 0 Å². The van der Waals surface area contributed by atoms with Crippen LogP contribution in [-0.4, -0.2) is 31.4 Å². The lowest BCUT2D eigenvalue weighted by molar-refractivity contribution is -0.117. The molecule has 1 aromatic carbocycles. The average Bonchev–Trinajstić information content (AvgIpc) is 3.03. The SMILES string of the molecule is CCOC(=O)c1ccc(CC(=O)Cc2sccc2C(=O)OC)cc1. The van der Waals surface area contributed by atoms with Gasteiger partial charge in [-0.05, 0) is 36.1 Å². The minimum atomic E-state index is -0.433. The number of hydrogen-bond donors (Lipinski definition) is 0. The van der Waals surface area contributed by atoms with E-state index in [1.165, 1.54) is 18.4 Å². The zero-order valence-electron chi connectivity index (χ0n) is 13.5. The summed E-state index contributed by atoms with van der Waals surface area (Å²) in [6.45, 7) is 2.07. The molecule has 0 aliphatic rings. The van der Waals surface area contributed by atoms with Gasteiger partial charge in [-0.15, -0.1) is 11.3 Å². The molecule has 0 unspecified atom stereocenters. The highest BCUT2D eigenvalue weighted by Crippen LogP contribution is 2.19. The summed E-state index contributed by atoms with van der Waals surface area (Å²) in [4.78, 5) is 36.1. The molecule has 0 aliphatic heterocycles. The third-order valence-electron chi connectivity index (χ3n) is 3.37. The number of carbonyl (C=O) groups excluding carboxylic acids is 3. The lowest BCUT2D eigenvalue weighted by atomic mass is 10.0. The molecule has 2 rings (SSSR count). The third-order valence-corrected chi connectivity index (χ3v) is 4.30. The predicted molar refractivity (Wildman–Crippen MR) is 90.5 cm³/mol. The number of carbonyl (C=O) groups is 3. The Kier molecular flexibility index (Phi) is 6.26. The predicted octanol–water partition coefficient (Wildman–Crippen LogP) is 3.07. The van der Waals surface area contributed by atoms with Crippen LogP contribution < -0.4 is 0 Å². The maximum Gasteiger partial charge on any atom is 0.338 e. The molecular weight excluding hydrogens is 328 g/mol. The molecule has 6 heteroatoms. The van der Waals surface area contributed by atoms with E-state index in [1.807, 2.05) is 0 Å². The topological polar surface area (TPSA) is 69.7 Å². The Morgan fingerprint density at radius 3 is 2.33 bits per heavy atom. The van der Waals surface area contributed by atoms with E-state index in [0.29, 0.717) is 22.6 Å². The van der Waals surface area contributed by atoms with Crippen molar-refractivity contribution in [2.24, 2.45) is 0 Å². The maximum atomic E-state index is 12.2. The minimum Gasteiger partial charge on any atom is -0.465 e. The highest BCUT2D eigenvalue weighted by atomic mass is 32.1. The number of ether oxygens (including phenoxy) is 2. The first-order chi connectivity index (χ1) is 11.5. The number of Topliss-reactive ketones (excluding diaryl/α,β-unsaturated/α-hetero) is 1. The molecule has 0 aliphatic carbocycles. The fraction of sp³-hybridized carbons (Fsp3) is 0.278. The second kappa shape index (κ2) is 8.40. The van der Waals surface area contributed by atoms with E-state index in [1.54, 1.807) is 42.6 Å². The Morgan fingerprint density at radius 2 is 1.71 bits per heavy atom. The van der Waals surface area contributed by atoms with Crippen molar-refractivity contribution < 1.29 is 23.9 Å². The fourth-order valence-electron chi connectivity index (χ4n) is 2.21. The third kappa shape index (κ3) is 4.52. The molecule has 0 fully saturated rings. The van der Waals surface area contributed by atoms with Gasteiger partial charge in [0, 0.05) is 17.7 Å². The molecule has 0 bridgehead atoms. The summed E-state index contributed by atoms with van der Waals surface area (Å²) >= 11 is 1.36. The Labute approximate surface area is 144 Å². The van der Waals surface area contributed by atoms with Crippen molar-refractivity contribution in [3.63, 3.8) is 0 Å². The number of methoxy groups -OCH3 is 1. The first kappa shape index (κ1) is 17.9. The van der Waals surface area contributed by atoms with Crippen LogP contribution in [0.15, 0.2) is 35.7 Å². The summed E-state index contributed by atoms with van der Waals surface area (Å²) in [5.74, 6) is -0.819. The van der Waals surface area contributed by atoms with Crippen LogP contribution in [0, 0.1) is 0 Å². The molecule has 0 amide bonds. The van der Waals surface area contributed by atoms with Gasteiger partial charge in [0.2, 0.25) is 0 Å². The van der Waals surface area contributed by atoms with E-state index in [9.17, 15) is 14.4 Å². The fourth-order valence-corrected chi connectivity index (χ4v) is 3.10. The van der Waals surface area contributed by atoms with Crippen molar-refractivity contribution in [1.29, 1.82) is 0 Å². The lowest BCUT2D eigenvalue weighted by Crippen LogP contribution is -2.10. The van der Waals surface area contributed by atoms with Gasteiger partial charge in [-0.25, -0.2) is 9.59 Å². The van der Waals surface area contributed by atoms with Crippen LogP contribution in [0.25, 0.3) is 0 Å². The average molecular weight is 346 g/mol. The molecule has 1 aromatic heterocycles. The Bertz CT molecular complexity index is 730. The van der Waals surface area contributed by atoms with Crippen LogP contribution in [0.3, 0.4) is 0 Å². The van der Waals surface area contributed by atoms with Gasteiger partial charge in [-0.2, -0.15) is 0 Å². The first-order valence-corrected chi connectivity index (χ1v) is 8.35. The number of esters is 2. The molecule has 0 saturated heterocycles. The zero-order chi connectivity index (χ0) is 17.5. The highest BCUT2D eigenvalue weighted by molar-refractivity contribution is 7.10. The zero-order valence-corrected chi connectivity index (χ0v) is 14.4. The smallest absolute Gasteiger partial charge is 0.338 e. The molecule has 24 heavy (non-hydrogen) atoms. The summed E-state index contributed by atoms with van der Waals surface area (Å²) in [7, 11) is 1.32. The monoisotopic (exact) mass is 346 g/mol. The number of rotatable bonds is 7. The van der Waals surface area contributed by atoms with Crippen molar-refractivity contribution in [1.82, 2.24) is 0 Å². The summed E-state index contributed by atoms with van der Waals surface area (Å²) in [6.07, 6.45) is 0.420. The van der Waals surface area contributed by atoms with Gasteiger partial charge >= 0.3 is 11.9 Å². The Balaban J connectivity index is 1.99. The molecule has 5 nitrogen and oxygen atoms in total. The largest absolute Gasteiger partial charge is 0.465 e. The number of thiophene rings is 1. The second-order valence-electron chi connectivity index (χ2n) is 5.06. The van der Waals surface area contributed by atoms with Gasteiger partial charge in [0.1, 0.15) is 5.78 Å². The van der Waals surface area contributed by atoms with E-state index in [0.717, 1.165) is 5.56 Å². The van der Waals surface area contributed by atoms with E-state index in [2.05, 4.69) is 0 Å². The van der Waals surface area contributed by atoms with E-state index in [4.69, 9.17) is 9.47 Å². The van der Waals surface area contributed by atoms with E-state index >= 15 is 0 Å². The van der Waals surface area contributed by atoms with Crippen LogP contribution in [0.2, 0.25) is 0 Å². The van der Waals surface area contributed by atoms with Crippen molar-refractivity contribution in [3.05, 3.63) is 57.3 Å². The Morgan fingerprint density at radius 1 is 1.00 bits per heavy atom. The van der Waals surface area contributed by atoms with Gasteiger partial charge in [0.15, 0.2) is 0 Å². The second-order valence-corrected chi connectivity index (χ2v) is 6.06. The standard InChI is InChI=1S/C18H18O5S/c1-3-23-17(20)13-6-4-12(5-7-13)10-14(19)11-16-15(8-9-24-16)18(21)22-2/h4-9H,3,10-11H2,1-2H3. The molecule has 0 atom stereocenters. The number of hydrogen-bond acceptors (Lipinski definition) is 6. The van der Waals surface area contributed by atoms with Crippen molar-refractivity contribution >= 4 is 29.1 Å². The summed E-state index contributed by atoms with van der Waals surface area (Å²) in [5, 5.41) is 1.77. The summed E-state index contributed by atoms with van der Waals surface area (Å²) < 4.78 is 9.62. The maximum absolute atomic E-state index is 12.2. The molecular formula is C18H18O5S. The lowest BCUT2D eigenvalue weighted by Gasteiger charge is -2.05. The number of ketones is 1. The van der Waals surface area contributed by atoms with Crippen molar-refractivity contribution in [2.75, 3.05) is 13.7 Å². The molecule has 1 heterocycles. The van der Waals surface area contributed by atoms with Crippen LogP contribution in [0.1, 0.15) is 38.1 Å². The van der Waals surface area contributed by atoms with Crippen molar-refractivity contribution in [2.45, 2.75) is 19.8 Å².